The predicted molar refractivity (Wildman–Crippen MR) is 107 cm³/mol. The van der Waals surface area contributed by atoms with Gasteiger partial charge in [0.15, 0.2) is 0 Å². The maximum absolute atomic E-state index is 13.9. The van der Waals surface area contributed by atoms with Crippen molar-refractivity contribution in [3.05, 3.63) is 62.4 Å². The van der Waals surface area contributed by atoms with Crippen LogP contribution in [0, 0.1) is 22.9 Å². The molecular formula is C18H17ClFN3O3S. The third-order valence-corrected chi connectivity index (χ3v) is 5.58. The number of hydrogen-bond donors (Lipinski definition) is 1. The third-order valence-electron chi connectivity index (χ3n) is 4.33. The summed E-state index contributed by atoms with van der Waals surface area (Å²) in [6.45, 7) is 3.11. The van der Waals surface area contributed by atoms with Crippen LogP contribution in [0.5, 0.6) is 0 Å². The maximum Gasteiger partial charge on any atom is 0.276 e. The molecule has 9 heteroatoms. The zero-order valence-corrected chi connectivity index (χ0v) is 16.1. The summed E-state index contributed by atoms with van der Waals surface area (Å²) in [6, 6.07) is 7.20. The second-order valence-electron chi connectivity index (χ2n) is 6.08. The second-order valence-corrected chi connectivity index (χ2v) is 7.71. The van der Waals surface area contributed by atoms with Gasteiger partial charge in [-0.2, -0.15) is 11.8 Å². The summed E-state index contributed by atoms with van der Waals surface area (Å²) in [7, 11) is 0. The van der Waals surface area contributed by atoms with E-state index in [0.29, 0.717) is 10.7 Å². The Labute approximate surface area is 164 Å². The molecule has 3 rings (SSSR count). The zero-order chi connectivity index (χ0) is 19.6. The first-order valence-corrected chi connectivity index (χ1v) is 9.78. The smallest absolute Gasteiger partial charge is 0.276 e. The number of amides is 1. The molecule has 2 aromatic carbocycles. The van der Waals surface area contributed by atoms with Gasteiger partial charge in [0.2, 0.25) is 0 Å². The lowest BCUT2D eigenvalue weighted by Gasteiger charge is -2.29. The van der Waals surface area contributed by atoms with Gasteiger partial charge in [-0.25, -0.2) is 4.39 Å². The van der Waals surface area contributed by atoms with Crippen LogP contribution in [-0.4, -0.2) is 35.4 Å². The highest BCUT2D eigenvalue weighted by atomic mass is 35.5. The first-order chi connectivity index (χ1) is 12.9. The highest BCUT2D eigenvalue weighted by molar-refractivity contribution is 7.99. The van der Waals surface area contributed by atoms with Gasteiger partial charge in [0.1, 0.15) is 5.82 Å². The minimum atomic E-state index is -0.800. The van der Waals surface area contributed by atoms with Crippen LogP contribution < -0.4 is 10.2 Å². The Kier molecular flexibility index (Phi) is 5.86. The number of benzene rings is 2. The van der Waals surface area contributed by atoms with Crippen LogP contribution in [0.15, 0.2) is 30.3 Å². The lowest BCUT2D eigenvalue weighted by Crippen LogP contribution is -2.32. The first-order valence-electron chi connectivity index (χ1n) is 8.25. The third kappa shape index (κ3) is 4.33. The van der Waals surface area contributed by atoms with Gasteiger partial charge in [-0.3, -0.25) is 14.9 Å². The van der Waals surface area contributed by atoms with E-state index in [1.54, 1.807) is 12.1 Å². The summed E-state index contributed by atoms with van der Waals surface area (Å²) in [5.41, 5.74) is 0.661. The van der Waals surface area contributed by atoms with Crippen molar-refractivity contribution >= 4 is 46.3 Å². The molecule has 2 aromatic rings. The van der Waals surface area contributed by atoms with E-state index in [4.69, 9.17) is 11.6 Å². The Morgan fingerprint density at radius 1 is 1.30 bits per heavy atom. The normalized spacial score (nSPS) is 14.1. The summed E-state index contributed by atoms with van der Waals surface area (Å²) in [6.07, 6.45) is 0. The van der Waals surface area contributed by atoms with E-state index < -0.39 is 22.3 Å². The van der Waals surface area contributed by atoms with E-state index in [-0.39, 0.29) is 11.1 Å². The van der Waals surface area contributed by atoms with Gasteiger partial charge in [-0.1, -0.05) is 11.6 Å². The Morgan fingerprint density at radius 3 is 2.63 bits per heavy atom. The number of rotatable bonds is 4. The molecule has 1 fully saturated rings. The second kappa shape index (κ2) is 8.14. The fourth-order valence-electron chi connectivity index (χ4n) is 2.83. The Balaban J connectivity index is 1.80. The van der Waals surface area contributed by atoms with Crippen molar-refractivity contribution in [3.63, 3.8) is 0 Å². The number of carbonyl (C=O) groups is 1. The van der Waals surface area contributed by atoms with Gasteiger partial charge >= 0.3 is 0 Å². The minimum absolute atomic E-state index is 0.108. The lowest BCUT2D eigenvalue weighted by atomic mass is 10.1. The number of nitrogens with one attached hydrogen (secondary N) is 1. The fourth-order valence-corrected chi connectivity index (χ4v) is 4.04. The van der Waals surface area contributed by atoms with Crippen molar-refractivity contribution in [2.24, 2.45) is 0 Å². The molecule has 0 radical (unpaired) electrons. The van der Waals surface area contributed by atoms with Crippen LogP contribution in [0.1, 0.15) is 15.9 Å². The number of halogens is 2. The first kappa shape index (κ1) is 19.4. The van der Waals surface area contributed by atoms with Crippen molar-refractivity contribution < 1.29 is 14.1 Å². The van der Waals surface area contributed by atoms with Crippen LogP contribution in [0.2, 0.25) is 5.02 Å². The number of carbonyl (C=O) groups excluding carboxylic acids is 1. The van der Waals surface area contributed by atoms with Gasteiger partial charge in [0.25, 0.3) is 11.6 Å². The molecule has 6 nitrogen and oxygen atoms in total. The predicted octanol–water partition coefficient (Wildman–Crippen LogP) is 4.50. The average molecular weight is 410 g/mol. The quantitative estimate of drug-likeness (QED) is 0.594. The number of hydrogen-bond acceptors (Lipinski definition) is 5. The van der Waals surface area contributed by atoms with Crippen molar-refractivity contribution in [1.82, 2.24) is 0 Å². The highest BCUT2D eigenvalue weighted by Crippen LogP contribution is 2.31. The van der Waals surface area contributed by atoms with Gasteiger partial charge in [-0.15, -0.1) is 0 Å². The summed E-state index contributed by atoms with van der Waals surface area (Å²) in [4.78, 5) is 24.9. The molecule has 1 amide bonds. The number of nitro groups is 1. The van der Waals surface area contributed by atoms with E-state index in [2.05, 4.69) is 10.2 Å². The van der Waals surface area contributed by atoms with Crippen LogP contribution in [-0.2, 0) is 0 Å². The molecule has 0 atom stereocenters. The highest BCUT2D eigenvalue weighted by Gasteiger charge is 2.20. The van der Waals surface area contributed by atoms with Crippen LogP contribution in [0.25, 0.3) is 0 Å². The standard InChI is InChI=1S/C18H17ClFN3O3S/c1-11-15(20)8-12(9-17(11)23(25)26)18(24)21-13-2-3-16(14(19)10-13)22-4-6-27-7-5-22/h2-3,8-10H,4-7H2,1H3,(H,21,24). The Bertz CT molecular complexity index is 904. The minimum Gasteiger partial charge on any atom is -0.369 e. The molecule has 1 aliphatic heterocycles. The number of anilines is 2. The van der Waals surface area contributed by atoms with E-state index in [1.807, 2.05) is 17.8 Å². The number of nitro benzene ring substituents is 1. The summed E-state index contributed by atoms with van der Waals surface area (Å²) < 4.78 is 13.9. The number of nitrogens with zero attached hydrogens (tertiary/aromatic N) is 2. The van der Waals surface area contributed by atoms with E-state index in [0.717, 1.165) is 42.4 Å². The summed E-state index contributed by atoms with van der Waals surface area (Å²) in [5.74, 6) is 0.625. The molecule has 27 heavy (non-hydrogen) atoms. The van der Waals surface area contributed by atoms with Crippen molar-refractivity contribution in [2.75, 3.05) is 34.8 Å². The molecule has 0 unspecified atom stereocenters. The van der Waals surface area contributed by atoms with Gasteiger partial charge in [0, 0.05) is 41.9 Å². The Morgan fingerprint density at radius 2 is 2.00 bits per heavy atom. The number of thioether (sulfide) groups is 1. The molecule has 1 N–H and O–H groups in total. The van der Waals surface area contributed by atoms with E-state index in [9.17, 15) is 19.3 Å². The molecule has 0 aliphatic carbocycles. The van der Waals surface area contributed by atoms with Crippen molar-refractivity contribution in [1.29, 1.82) is 0 Å². The van der Waals surface area contributed by atoms with Gasteiger partial charge in [0.05, 0.1) is 21.2 Å². The van der Waals surface area contributed by atoms with Crippen molar-refractivity contribution in [2.45, 2.75) is 6.92 Å². The molecule has 0 spiro atoms. The largest absolute Gasteiger partial charge is 0.369 e. The zero-order valence-electron chi connectivity index (χ0n) is 14.5. The summed E-state index contributed by atoms with van der Waals surface area (Å²) in [5, 5.41) is 14.1. The van der Waals surface area contributed by atoms with Crippen LogP contribution >= 0.6 is 23.4 Å². The molecule has 1 saturated heterocycles. The van der Waals surface area contributed by atoms with Crippen LogP contribution in [0.3, 0.4) is 0 Å². The summed E-state index contributed by atoms with van der Waals surface area (Å²) >= 11 is 8.25. The maximum atomic E-state index is 13.9. The molecule has 1 heterocycles. The van der Waals surface area contributed by atoms with E-state index in [1.165, 1.54) is 6.92 Å². The Hall–Kier alpha value is -2.32. The molecule has 142 valence electrons. The van der Waals surface area contributed by atoms with E-state index >= 15 is 0 Å². The van der Waals surface area contributed by atoms with Gasteiger partial charge in [-0.05, 0) is 31.2 Å². The SMILES string of the molecule is Cc1c(F)cc(C(=O)Nc2ccc(N3CCSCC3)c(Cl)c2)cc1[N+](=O)[O-]. The molecule has 0 aromatic heterocycles. The monoisotopic (exact) mass is 409 g/mol. The van der Waals surface area contributed by atoms with Crippen molar-refractivity contribution in [3.8, 4) is 0 Å². The lowest BCUT2D eigenvalue weighted by molar-refractivity contribution is -0.385. The molecule has 1 aliphatic rings. The topological polar surface area (TPSA) is 75.5 Å². The fraction of sp³-hybridized carbons (Fsp3) is 0.278. The molecular weight excluding hydrogens is 393 g/mol. The van der Waals surface area contributed by atoms with Crippen LogP contribution in [0.4, 0.5) is 21.5 Å². The van der Waals surface area contributed by atoms with Gasteiger partial charge < -0.3 is 10.2 Å². The molecule has 0 bridgehead atoms. The molecule has 0 saturated carbocycles. The average Bonchev–Trinajstić information content (AvgIpc) is 2.64.